The molecule has 0 saturated heterocycles. The molecule has 2 aromatic carbocycles. The van der Waals surface area contributed by atoms with Gasteiger partial charge in [0.25, 0.3) is 0 Å². The van der Waals surface area contributed by atoms with Crippen molar-refractivity contribution in [2.45, 2.75) is 6.10 Å². The molecule has 2 aromatic heterocycles. The molecule has 0 saturated carbocycles. The van der Waals surface area contributed by atoms with Crippen molar-refractivity contribution in [1.29, 1.82) is 0 Å². The van der Waals surface area contributed by atoms with Gasteiger partial charge in [0, 0.05) is 29.0 Å². The van der Waals surface area contributed by atoms with Crippen LogP contribution < -0.4 is 5.56 Å². The van der Waals surface area contributed by atoms with Crippen LogP contribution in [0.1, 0.15) is 17.4 Å². The third-order valence-corrected chi connectivity index (χ3v) is 4.69. The number of H-pyrrole nitrogens is 1. The van der Waals surface area contributed by atoms with Gasteiger partial charge in [0.1, 0.15) is 6.10 Å². The number of rotatable bonds is 3. The van der Waals surface area contributed by atoms with Gasteiger partial charge >= 0.3 is 0 Å². The second-order valence-corrected chi connectivity index (χ2v) is 6.63. The van der Waals surface area contributed by atoms with Crippen LogP contribution in [0.15, 0.2) is 65.8 Å². The van der Waals surface area contributed by atoms with E-state index in [0.29, 0.717) is 16.2 Å². The molecule has 130 valence electrons. The number of halogens is 1. The van der Waals surface area contributed by atoms with Gasteiger partial charge in [-0.2, -0.15) is 0 Å². The molecule has 1 unspecified atom stereocenters. The highest BCUT2D eigenvalue weighted by Gasteiger charge is 2.16. The molecule has 0 amide bonds. The number of aliphatic hydroxyl groups is 1. The van der Waals surface area contributed by atoms with Crippen LogP contribution in [0.25, 0.3) is 22.0 Å². The number of aromatic nitrogens is 3. The van der Waals surface area contributed by atoms with E-state index in [1.54, 1.807) is 41.4 Å². The van der Waals surface area contributed by atoms with Crippen molar-refractivity contribution in [3.63, 3.8) is 0 Å². The third kappa shape index (κ3) is 2.92. The van der Waals surface area contributed by atoms with Crippen molar-refractivity contribution in [2.24, 2.45) is 7.05 Å². The minimum absolute atomic E-state index is 0.188. The molecule has 5 nitrogen and oxygen atoms in total. The number of aryl methyl sites for hydroxylation is 1. The highest BCUT2D eigenvalue weighted by molar-refractivity contribution is 6.30. The first-order chi connectivity index (χ1) is 12.5. The van der Waals surface area contributed by atoms with Gasteiger partial charge < -0.3 is 14.7 Å². The lowest BCUT2D eigenvalue weighted by Crippen LogP contribution is -2.07. The predicted molar refractivity (Wildman–Crippen MR) is 102 cm³/mol. The van der Waals surface area contributed by atoms with Crippen molar-refractivity contribution in [2.75, 3.05) is 0 Å². The maximum Gasteiger partial charge on any atom is 0.249 e. The zero-order chi connectivity index (χ0) is 18.3. The average Bonchev–Trinajstić information content (AvgIpc) is 3.06. The molecule has 0 spiro atoms. The van der Waals surface area contributed by atoms with Crippen LogP contribution in [0.3, 0.4) is 0 Å². The highest BCUT2D eigenvalue weighted by atomic mass is 35.5. The number of benzene rings is 2. The molecule has 0 fully saturated rings. The Hall–Kier alpha value is -2.89. The first-order valence-electron chi connectivity index (χ1n) is 8.10. The molecule has 0 bridgehead atoms. The highest BCUT2D eigenvalue weighted by Crippen LogP contribution is 2.31. The van der Waals surface area contributed by atoms with E-state index in [1.807, 2.05) is 31.3 Å². The number of nitrogens with zero attached hydrogens (tertiary/aromatic N) is 2. The summed E-state index contributed by atoms with van der Waals surface area (Å²) in [6, 6.07) is 14.4. The van der Waals surface area contributed by atoms with Gasteiger partial charge in [-0.3, -0.25) is 4.79 Å². The summed E-state index contributed by atoms with van der Waals surface area (Å²) in [7, 11) is 1.83. The molecule has 6 heteroatoms. The molecule has 0 aliphatic rings. The monoisotopic (exact) mass is 365 g/mol. The summed E-state index contributed by atoms with van der Waals surface area (Å²) in [6.45, 7) is 0. The van der Waals surface area contributed by atoms with Gasteiger partial charge in [-0.25, -0.2) is 4.98 Å². The Balaban J connectivity index is 1.92. The molecule has 26 heavy (non-hydrogen) atoms. The molecule has 2 heterocycles. The molecular weight excluding hydrogens is 350 g/mol. The van der Waals surface area contributed by atoms with E-state index in [4.69, 9.17) is 11.6 Å². The van der Waals surface area contributed by atoms with Gasteiger partial charge in [0.05, 0.1) is 18.2 Å². The van der Waals surface area contributed by atoms with Crippen LogP contribution >= 0.6 is 11.6 Å². The maximum absolute atomic E-state index is 12.1. The fraction of sp³-hybridized carbons (Fsp3) is 0.100. The topological polar surface area (TPSA) is 70.9 Å². The standard InChI is InChI=1S/C20H16ClN3O2/c1-24-11-22-10-18(24)20(26)13-5-6-17-16(8-13)15(9-19(25)23-17)12-3-2-4-14(21)7-12/h2-11,20,26H,1H3,(H,23,25). The van der Waals surface area contributed by atoms with E-state index >= 15 is 0 Å². The first-order valence-corrected chi connectivity index (χ1v) is 8.48. The zero-order valence-corrected chi connectivity index (χ0v) is 14.7. The summed E-state index contributed by atoms with van der Waals surface area (Å²) in [5.74, 6) is 0. The minimum atomic E-state index is -0.814. The van der Waals surface area contributed by atoms with E-state index in [-0.39, 0.29) is 5.56 Å². The molecule has 4 rings (SSSR count). The SMILES string of the molecule is Cn1cncc1C(O)c1ccc2[nH]c(=O)cc(-c3cccc(Cl)c3)c2c1. The summed E-state index contributed by atoms with van der Waals surface area (Å²) in [4.78, 5) is 19.0. The quantitative estimate of drug-likeness (QED) is 0.582. The summed E-state index contributed by atoms with van der Waals surface area (Å²) in [5.41, 5.74) is 3.54. The minimum Gasteiger partial charge on any atom is -0.382 e. The van der Waals surface area contributed by atoms with E-state index in [0.717, 1.165) is 22.1 Å². The predicted octanol–water partition coefficient (Wildman–Crippen LogP) is 3.66. The summed E-state index contributed by atoms with van der Waals surface area (Å²) in [5, 5.41) is 12.2. The molecular formula is C20H16ClN3O2. The van der Waals surface area contributed by atoms with Crippen molar-refractivity contribution in [3.05, 3.63) is 87.7 Å². The van der Waals surface area contributed by atoms with Crippen LogP contribution in [0.2, 0.25) is 5.02 Å². The molecule has 0 aliphatic heterocycles. The normalized spacial score (nSPS) is 12.4. The van der Waals surface area contributed by atoms with Crippen LogP contribution in [0, 0.1) is 0 Å². The zero-order valence-electron chi connectivity index (χ0n) is 14.0. The Bertz CT molecular complexity index is 1160. The fourth-order valence-electron chi connectivity index (χ4n) is 3.14. The van der Waals surface area contributed by atoms with Crippen LogP contribution in [-0.2, 0) is 7.05 Å². The van der Waals surface area contributed by atoms with Gasteiger partial charge in [-0.1, -0.05) is 29.8 Å². The number of hydrogen-bond donors (Lipinski definition) is 2. The number of nitrogens with one attached hydrogen (secondary N) is 1. The van der Waals surface area contributed by atoms with Gasteiger partial charge in [-0.15, -0.1) is 0 Å². The van der Waals surface area contributed by atoms with Crippen LogP contribution in [0.4, 0.5) is 0 Å². The van der Waals surface area contributed by atoms with E-state index in [9.17, 15) is 9.90 Å². The largest absolute Gasteiger partial charge is 0.382 e. The van der Waals surface area contributed by atoms with Crippen molar-refractivity contribution in [3.8, 4) is 11.1 Å². The Morgan fingerprint density at radius 2 is 2.04 bits per heavy atom. The van der Waals surface area contributed by atoms with E-state index in [2.05, 4.69) is 9.97 Å². The van der Waals surface area contributed by atoms with Crippen LogP contribution in [-0.4, -0.2) is 19.6 Å². The first kappa shape index (κ1) is 16.6. The average molecular weight is 366 g/mol. The molecule has 4 aromatic rings. The van der Waals surface area contributed by atoms with Gasteiger partial charge in [0.15, 0.2) is 0 Å². The van der Waals surface area contributed by atoms with E-state index in [1.165, 1.54) is 0 Å². The lowest BCUT2D eigenvalue weighted by molar-refractivity contribution is 0.211. The Kier molecular flexibility index (Phi) is 4.11. The molecule has 1 atom stereocenters. The number of aromatic amines is 1. The number of hydrogen-bond acceptors (Lipinski definition) is 3. The summed E-state index contributed by atoms with van der Waals surface area (Å²) >= 11 is 6.12. The Morgan fingerprint density at radius 3 is 2.77 bits per heavy atom. The molecule has 0 aliphatic carbocycles. The Labute approximate surface area is 154 Å². The Morgan fingerprint density at radius 1 is 1.19 bits per heavy atom. The van der Waals surface area contributed by atoms with Crippen molar-refractivity contribution >= 4 is 22.5 Å². The summed E-state index contributed by atoms with van der Waals surface area (Å²) in [6.07, 6.45) is 2.47. The smallest absolute Gasteiger partial charge is 0.249 e. The second kappa shape index (κ2) is 6.44. The van der Waals surface area contributed by atoms with Gasteiger partial charge in [0.2, 0.25) is 5.56 Å². The van der Waals surface area contributed by atoms with Crippen molar-refractivity contribution in [1.82, 2.24) is 14.5 Å². The van der Waals surface area contributed by atoms with Crippen molar-refractivity contribution < 1.29 is 5.11 Å². The molecule has 2 N–H and O–H groups in total. The second-order valence-electron chi connectivity index (χ2n) is 6.19. The summed E-state index contributed by atoms with van der Waals surface area (Å²) < 4.78 is 1.78. The molecule has 0 radical (unpaired) electrons. The number of imidazole rings is 1. The lowest BCUT2D eigenvalue weighted by Gasteiger charge is -2.14. The maximum atomic E-state index is 12.1. The third-order valence-electron chi connectivity index (χ3n) is 4.45. The number of pyridine rings is 1. The lowest BCUT2D eigenvalue weighted by atomic mass is 9.97. The number of fused-ring (bicyclic) bond motifs is 1. The van der Waals surface area contributed by atoms with Crippen LogP contribution in [0.5, 0.6) is 0 Å². The fourth-order valence-corrected chi connectivity index (χ4v) is 3.33. The van der Waals surface area contributed by atoms with Gasteiger partial charge in [-0.05, 0) is 41.0 Å². The van der Waals surface area contributed by atoms with E-state index < -0.39 is 6.10 Å². The number of aliphatic hydroxyl groups excluding tert-OH is 1.